The van der Waals surface area contributed by atoms with Gasteiger partial charge >= 0.3 is 0 Å². The van der Waals surface area contributed by atoms with Gasteiger partial charge in [0, 0.05) is 19.8 Å². The molecule has 0 saturated carbocycles. The van der Waals surface area contributed by atoms with E-state index < -0.39 is 0 Å². The summed E-state index contributed by atoms with van der Waals surface area (Å²) < 4.78 is 5.07. The van der Waals surface area contributed by atoms with E-state index in [1.165, 1.54) is 0 Å². The Morgan fingerprint density at radius 1 is 1.44 bits per heavy atom. The Morgan fingerprint density at radius 2 is 2.22 bits per heavy atom. The first-order valence-corrected chi connectivity index (χ1v) is 5.98. The van der Waals surface area contributed by atoms with Crippen LogP contribution in [0.15, 0.2) is 34.9 Å². The Balaban J connectivity index is 1.88. The third kappa shape index (κ3) is 3.34. The SMILES string of the molecule is Cc1nc(CCC(=O)Nc2ccccc2Cl)co1. The minimum atomic E-state index is -0.0937. The fourth-order valence-corrected chi connectivity index (χ4v) is 1.72. The highest BCUT2D eigenvalue weighted by Crippen LogP contribution is 2.20. The van der Waals surface area contributed by atoms with Gasteiger partial charge in [0.05, 0.1) is 16.4 Å². The fourth-order valence-electron chi connectivity index (χ4n) is 1.54. The van der Waals surface area contributed by atoms with Crippen molar-refractivity contribution in [3.8, 4) is 0 Å². The van der Waals surface area contributed by atoms with Crippen molar-refractivity contribution >= 4 is 23.2 Å². The van der Waals surface area contributed by atoms with Crippen LogP contribution in [0.3, 0.4) is 0 Å². The van der Waals surface area contributed by atoms with Crippen LogP contribution in [0.25, 0.3) is 0 Å². The molecule has 0 aliphatic rings. The highest BCUT2D eigenvalue weighted by atomic mass is 35.5. The number of rotatable bonds is 4. The van der Waals surface area contributed by atoms with Gasteiger partial charge < -0.3 is 9.73 Å². The summed E-state index contributed by atoms with van der Waals surface area (Å²) in [4.78, 5) is 15.9. The highest BCUT2D eigenvalue weighted by Gasteiger charge is 2.07. The lowest BCUT2D eigenvalue weighted by Gasteiger charge is -2.05. The molecule has 4 nitrogen and oxygen atoms in total. The number of carbonyl (C=O) groups is 1. The molecule has 1 aromatic heterocycles. The van der Waals surface area contributed by atoms with Crippen LogP contribution in [0, 0.1) is 6.92 Å². The molecule has 0 saturated heterocycles. The smallest absolute Gasteiger partial charge is 0.224 e. The van der Waals surface area contributed by atoms with Crippen LogP contribution in [-0.4, -0.2) is 10.9 Å². The monoisotopic (exact) mass is 264 g/mol. The molecule has 1 amide bonds. The molecule has 0 aliphatic heterocycles. The number of halogens is 1. The molecule has 1 heterocycles. The number of nitrogens with zero attached hydrogens (tertiary/aromatic N) is 1. The number of nitrogens with one attached hydrogen (secondary N) is 1. The normalized spacial score (nSPS) is 10.3. The van der Waals surface area contributed by atoms with E-state index in [1.54, 1.807) is 25.3 Å². The number of amides is 1. The van der Waals surface area contributed by atoms with E-state index in [1.807, 2.05) is 12.1 Å². The molecular weight excluding hydrogens is 252 g/mol. The third-order valence-corrected chi connectivity index (χ3v) is 2.75. The number of para-hydroxylation sites is 1. The van der Waals surface area contributed by atoms with Crippen LogP contribution in [0.5, 0.6) is 0 Å². The van der Waals surface area contributed by atoms with E-state index in [-0.39, 0.29) is 5.91 Å². The fraction of sp³-hybridized carbons (Fsp3) is 0.231. The van der Waals surface area contributed by atoms with Crippen molar-refractivity contribution in [2.24, 2.45) is 0 Å². The van der Waals surface area contributed by atoms with Gasteiger partial charge in [-0.2, -0.15) is 0 Å². The number of oxazole rings is 1. The zero-order valence-corrected chi connectivity index (χ0v) is 10.7. The van der Waals surface area contributed by atoms with Crippen LogP contribution in [-0.2, 0) is 11.2 Å². The van der Waals surface area contributed by atoms with Crippen molar-refractivity contribution in [2.45, 2.75) is 19.8 Å². The first kappa shape index (κ1) is 12.6. The maximum absolute atomic E-state index is 11.7. The highest BCUT2D eigenvalue weighted by molar-refractivity contribution is 6.33. The van der Waals surface area contributed by atoms with Crippen molar-refractivity contribution in [1.82, 2.24) is 4.98 Å². The number of anilines is 1. The van der Waals surface area contributed by atoms with Crippen LogP contribution in [0.4, 0.5) is 5.69 Å². The molecule has 18 heavy (non-hydrogen) atoms. The summed E-state index contributed by atoms with van der Waals surface area (Å²) in [6.45, 7) is 1.77. The molecule has 5 heteroatoms. The second kappa shape index (κ2) is 5.69. The van der Waals surface area contributed by atoms with E-state index in [9.17, 15) is 4.79 Å². The standard InChI is InChI=1S/C13H13ClN2O2/c1-9-15-10(8-18-9)6-7-13(17)16-12-5-3-2-4-11(12)14/h2-5,8H,6-7H2,1H3,(H,16,17). The van der Waals surface area contributed by atoms with Gasteiger partial charge in [-0.25, -0.2) is 4.98 Å². The van der Waals surface area contributed by atoms with Crippen molar-refractivity contribution in [2.75, 3.05) is 5.32 Å². The van der Waals surface area contributed by atoms with Gasteiger partial charge in [0.25, 0.3) is 0 Å². The van der Waals surface area contributed by atoms with Crippen molar-refractivity contribution in [1.29, 1.82) is 0 Å². The Morgan fingerprint density at radius 3 is 2.89 bits per heavy atom. The second-order valence-corrected chi connectivity index (χ2v) is 4.29. The van der Waals surface area contributed by atoms with Gasteiger partial charge in [0.15, 0.2) is 5.89 Å². The van der Waals surface area contributed by atoms with Crippen molar-refractivity contribution in [3.63, 3.8) is 0 Å². The summed E-state index contributed by atoms with van der Waals surface area (Å²) >= 11 is 5.95. The molecule has 0 atom stereocenters. The van der Waals surface area contributed by atoms with E-state index in [2.05, 4.69) is 10.3 Å². The quantitative estimate of drug-likeness (QED) is 0.923. The predicted molar refractivity (Wildman–Crippen MR) is 69.6 cm³/mol. The minimum Gasteiger partial charge on any atom is -0.449 e. The summed E-state index contributed by atoms with van der Waals surface area (Å²) in [5, 5.41) is 3.29. The summed E-state index contributed by atoms with van der Waals surface area (Å²) in [5.41, 5.74) is 1.40. The molecule has 1 N–H and O–H groups in total. The first-order valence-electron chi connectivity index (χ1n) is 5.60. The van der Waals surface area contributed by atoms with Crippen molar-refractivity contribution < 1.29 is 9.21 Å². The van der Waals surface area contributed by atoms with Gasteiger partial charge in [-0.05, 0) is 12.1 Å². The molecule has 1 aromatic carbocycles. The molecule has 2 rings (SSSR count). The molecule has 0 aliphatic carbocycles. The van der Waals surface area contributed by atoms with E-state index in [4.69, 9.17) is 16.0 Å². The van der Waals surface area contributed by atoms with E-state index in [0.29, 0.717) is 29.4 Å². The average molecular weight is 265 g/mol. The Bertz CT molecular complexity index is 551. The average Bonchev–Trinajstić information content (AvgIpc) is 2.76. The summed E-state index contributed by atoms with van der Waals surface area (Å²) in [6, 6.07) is 7.14. The molecule has 0 bridgehead atoms. The molecule has 94 valence electrons. The zero-order chi connectivity index (χ0) is 13.0. The van der Waals surface area contributed by atoms with Gasteiger partial charge in [0.2, 0.25) is 5.91 Å². The van der Waals surface area contributed by atoms with Gasteiger partial charge in [-0.1, -0.05) is 23.7 Å². The molecule has 0 fully saturated rings. The molecule has 0 radical (unpaired) electrons. The van der Waals surface area contributed by atoms with Gasteiger partial charge in [-0.3, -0.25) is 4.79 Å². The maximum atomic E-state index is 11.7. The molecule has 0 spiro atoms. The Labute approximate surface area is 110 Å². The van der Waals surface area contributed by atoms with Crippen LogP contribution in [0.1, 0.15) is 18.0 Å². The number of benzene rings is 1. The first-order chi connectivity index (χ1) is 8.65. The van der Waals surface area contributed by atoms with Gasteiger partial charge in [0.1, 0.15) is 6.26 Å². The molecule has 2 aromatic rings. The zero-order valence-electron chi connectivity index (χ0n) is 9.94. The minimum absolute atomic E-state index is 0.0937. The van der Waals surface area contributed by atoms with Crippen molar-refractivity contribution in [3.05, 3.63) is 47.1 Å². The Hall–Kier alpha value is -1.81. The summed E-state index contributed by atoms with van der Waals surface area (Å²) in [7, 11) is 0. The maximum Gasteiger partial charge on any atom is 0.224 e. The lowest BCUT2D eigenvalue weighted by molar-refractivity contribution is -0.116. The van der Waals surface area contributed by atoms with Crippen LogP contribution in [0.2, 0.25) is 5.02 Å². The number of hydrogen-bond acceptors (Lipinski definition) is 3. The Kier molecular flexibility index (Phi) is 3.99. The van der Waals surface area contributed by atoms with Gasteiger partial charge in [-0.15, -0.1) is 0 Å². The van der Waals surface area contributed by atoms with Crippen LogP contribution >= 0.6 is 11.6 Å². The van der Waals surface area contributed by atoms with E-state index in [0.717, 1.165) is 5.69 Å². The number of aromatic nitrogens is 1. The lowest BCUT2D eigenvalue weighted by atomic mass is 10.2. The number of aryl methyl sites for hydroxylation is 2. The topological polar surface area (TPSA) is 55.1 Å². The number of hydrogen-bond donors (Lipinski definition) is 1. The van der Waals surface area contributed by atoms with E-state index >= 15 is 0 Å². The van der Waals surface area contributed by atoms with Crippen LogP contribution < -0.4 is 5.32 Å². The second-order valence-electron chi connectivity index (χ2n) is 3.89. The summed E-state index contributed by atoms with van der Waals surface area (Å²) in [6.07, 6.45) is 2.46. The molecular formula is C13H13ClN2O2. The summed E-state index contributed by atoms with van der Waals surface area (Å²) in [5.74, 6) is 0.514. The lowest BCUT2D eigenvalue weighted by Crippen LogP contribution is -2.12. The largest absolute Gasteiger partial charge is 0.449 e. The molecule has 0 unspecified atom stereocenters. The predicted octanol–water partition coefficient (Wildman–Crippen LogP) is 3.21. The third-order valence-electron chi connectivity index (χ3n) is 2.42. The number of carbonyl (C=O) groups excluding carboxylic acids is 1.